The highest BCUT2D eigenvalue weighted by molar-refractivity contribution is 5.76. The molecule has 0 saturated carbocycles. The van der Waals surface area contributed by atoms with E-state index in [1.165, 1.54) is 315 Å². The average Bonchev–Trinajstić information content (AvgIpc) is 3.40. The lowest BCUT2D eigenvalue weighted by molar-refractivity contribution is -0.143. The highest BCUT2D eigenvalue weighted by Gasteiger charge is 2.20. The molecule has 0 fully saturated rings. The number of carbonyl (C=O) groups excluding carboxylic acids is 2. The Morgan fingerprint density at radius 2 is 0.635 bits per heavy atom. The Morgan fingerprint density at radius 1 is 0.365 bits per heavy atom. The zero-order valence-electron chi connectivity index (χ0n) is 50.4. The number of aliphatic hydroxyl groups is 2. The van der Waals surface area contributed by atoms with Crippen LogP contribution >= 0.6 is 0 Å². The maximum absolute atomic E-state index is 12.5. The van der Waals surface area contributed by atoms with Crippen LogP contribution in [-0.2, 0) is 14.3 Å². The molecular formula is C68H133NO5. The number of allylic oxidation sites excluding steroid dienone is 2. The number of amides is 1. The van der Waals surface area contributed by atoms with Crippen molar-refractivity contribution in [2.45, 2.75) is 398 Å². The van der Waals surface area contributed by atoms with Gasteiger partial charge in [-0.2, -0.15) is 0 Å². The van der Waals surface area contributed by atoms with Gasteiger partial charge in [-0.25, -0.2) is 0 Å². The van der Waals surface area contributed by atoms with Crippen LogP contribution in [0.5, 0.6) is 0 Å². The maximum Gasteiger partial charge on any atom is 0.305 e. The molecule has 2 unspecified atom stereocenters. The fraction of sp³-hybridized carbons (Fsp3) is 0.941. The van der Waals surface area contributed by atoms with Gasteiger partial charge in [-0.15, -0.1) is 0 Å². The van der Waals surface area contributed by atoms with Gasteiger partial charge >= 0.3 is 5.97 Å². The molecule has 0 aromatic heterocycles. The second kappa shape index (κ2) is 64.1. The molecule has 6 heteroatoms. The summed E-state index contributed by atoms with van der Waals surface area (Å²) in [5.74, 6) is -0.0278. The second-order valence-corrected chi connectivity index (χ2v) is 23.5. The minimum Gasteiger partial charge on any atom is -0.466 e. The van der Waals surface area contributed by atoms with Gasteiger partial charge in [0.25, 0.3) is 0 Å². The highest BCUT2D eigenvalue weighted by Crippen LogP contribution is 2.19. The van der Waals surface area contributed by atoms with Gasteiger partial charge in [0.05, 0.1) is 25.4 Å². The third kappa shape index (κ3) is 59.8. The molecule has 440 valence electrons. The van der Waals surface area contributed by atoms with E-state index in [0.29, 0.717) is 25.9 Å². The molecule has 0 saturated heterocycles. The molecule has 0 aliphatic rings. The molecule has 3 N–H and O–H groups in total. The van der Waals surface area contributed by atoms with Crippen molar-refractivity contribution >= 4 is 11.9 Å². The Bertz CT molecular complexity index is 1110. The normalized spacial score (nSPS) is 12.5. The molecule has 6 nitrogen and oxygen atoms in total. The van der Waals surface area contributed by atoms with Gasteiger partial charge in [0, 0.05) is 12.8 Å². The summed E-state index contributed by atoms with van der Waals surface area (Å²) >= 11 is 0. The Hall–Kier alpha value is -1.40. The van der Waals surface area contributed by atoms with Crippen molar-refractivity contribution in [3.8, 4) is 0 Å². The number of esters is 1. The van der Waals surface area contributed by atoms with Crippen molar-refractivity contribution in [1.29, 1.82) is 0 Å². The van der Waals surface area contributed by atoms with Gasteiger partial charge < -0.3 is 20.3 Å². The van der Waals surface area contributed by atoms with Crippen LogP contribution < -0.4 is 5.32 Å². The molecular weight excluding hydrogens is 911 g/mol. The number of unbranched alkanes of at least 4 members (excludes halogenated alkanes) is 51. The molecule has 0 aliphatic carbocycles. The molecule has 0 aromatic rings. The zero-order chi connectivity index (χ0) is 53.6. The number of carbonyl (C=O) groups is 2. The molecule has 0 aliphatic heterocycles. The average molecular weight is 1040 g/mol. The smallest absolute Gasteiger partial charge is 0.305 e. The van der Waals surface area contributed by atoms with Crippen LogP contribution in [0.15, 0.2) is 12.2 Å². The summed E-state index contributed by atoms with van der Waals surface area (Å²) in [7, 11) is 0. The monoisotopic (exact) mass is 1040 g/mol. The van der Waals surface area contributed by atoms with Crippen molar-refractivity contribution < 1.29 is 24.5 Å². The largest absolute Gasteiger partial charge is 0.466 e. The van der Waals surface area contributed by atoms with E-state index in [1.807, 2.05) is 0 Å². The van der Waals surface area contributed by atoms with E-state index in [-0.39, 0.29) is 18.5 Å². The van der Waals surface area contributed by atoms with E-state index in [4.69, 9.17) is 4.74 Å². The summed E-state index contributed by atoms with van der Waals surface area (Å²) in [5, 5.41) is 23.4. The molecule has 0 radical (unpaired) electrons. The van der Waals surface area contributed by atoms with Crippen molar-refractivity contribution in [1.82, 2.24) is 5.32 Å². The third-order valence-corrected chi connectivity index (χ3v) is 16.1. The lowest BCUT2D eigenvalue weighted by atomic mass is 10.0. The molecule has 1 amide bonds. The van der Waals surface area contributed by atoms with Crippen molar-refractivity contribution in [2.24, 2.45) is 0 Å². The van der Waals surface area contributed by atoms with Gasteiger partial charge in [0.2, 0.25) is 5.91 Å². The lowest BCUT2D eigenvalue weighted by Gasteiger charge is -2.22. The Kier molecular flexibility index (Phi) is 62.9. The lowest BCUT2D eigenvalue weighted by Crippen LogP contribution is -2.45. The van der Waals surface area contributed by atoms with Crippen LogP contribution in [0.3, 0.4) is 0 Å². The van der Waals surface area contributed by atoms with E-state index >= 15 is 0 Å². The van der Waals surface area contributed by atoms with E-state index in [2.05, 4.69) is 31.3 Å². The topological polar surface area (TPSA) is 95.9 Å². The zero-order valence-corrected chi connectivity index (χ0v) is 50.4. The number of aliphatic hydroxyl groups excluding tert-OH is 2. The maximum atomic E-state index is 12.5. The van der Waals surface area contributed by atoms with Crippen LogP contribution in [0.4, 0.5) is 0 Å². The van der Waals surface area contributed by atoms with Crippen LogP contribution in [-0.4, -0.2) is 47.4 Å². The molecule has 0 heterocycles. The first-order chi connectivity index (χ1) is 36.5. The number of ether oxygens (including phenoxy) is 1. The van der Waals surface area contributed by atoms with Gasteiger partial charge in [0.15, 0.2) is 0 Å². The van der Waals surface area contributed by atoms with Crippen molar-refractivity contribution in [3.05, 3.63) is 12.2 Å². The predicted octanol–water partition coefficient (Wildman–Crippen LogP) is 21.6. The molecule has 0 aromatic carbocycles. The molecule has 74 heavy (non-hydrogen) atoms. The van der Waals surface area contributed by atoms with Gasteiger partial charge in [0.1, 0.15) is 0 Å². The van der Waals surface area contributed by atoms with Crippen LogP contribution in [0.1, 0.15) is 386 Å². The van der Waals surface area contributed by atoms with Gasteiger partial charge in [-0.1, -0.05) is 334 Å². The minimum absolute atomic E-state index is 0.0100. The van der Waals surface area contributed by atoms with Crippen molar-refractivity contribution in [3.63, 3.8) is 0 Å². The quantitative estimate of drug-likeness (QED) is 0.0320. The van der Waals surface area contributed by atoms with E-state index in [9.17, 15) is 19.8 Å². The summed E-state index contributed by atoms with van der Waals surface area (Å²) in [6.45, 7) is 4.98. The molecule has 0 bridgehead atoms. The van der Waals surface area contributed by atoms with Gasteiger partial charge in [-0.05, 0) is 51.4 Å². The Labute approximate surface area is 463 Å². The third-order valence-electron chi connectivity index (χ3n) is 16.1. The van der Waals surface area contributed by atoms with E-state index in [0.717, 1.165) is 38.5 Å². The highest BCUT2D eigenvalue weighted by atomic mass is 16.5. The number of hydrogen-bond acceptors (Lipinski definition) is 5. The second-order valence-electron chi connectivity index (χ2n) is 23.5. The number of nitrogens with one attached hydrogen (secondary N) is 1. The minimum atomic E-state index is -0.670. The van der Waals surface area contributed by atoms with Crippen molar-refractivity contribution in [2.75, 3.05) is 13.2 Å². The van der Waals surface area contributed by atoms with Crippen LogP contribution in [0.25, 0.3) is 0 Å². The van der Waals surface area contributed by atoms with Crippen LogP contribution in [0.2, 0.25) is 0 Å². The standard InChI is InChI=1S/C68H133NO5/c1-3-5-7-9-11-13-15-17-18-19-20-21-22-23-25-28-31-34-37-40-44-48-52-56-60-66(71)65(64-70)69-67(72)61-57-53-49-45-41-38-35-32-29-26-24-27-30-33-36-39-43-47-51-55-59-63-74-68(73)62-58-54-50-46-42-16-14-12-10-8-6-4-2/h26,29,65-66,70-71H,3-25,27-28,30-64H2,1-2H3,(H,69,72)/b29-26-. The summed E-state index contributed by atoms with van der Waals surface area (Å²) in [6, 6.07) is -0.548. The molecule has 0 rings (SSSR count). The van der Waals surface area contributed by atoms with Crippen LogP contribution in [0, 0.1) is 0 Å². The fourth-order valence-corrected chi connectivity index (χ4v) is 10.9. The first kappa shape index (κ1) is 72.6. The Morgan fingerprint density at radius 3 is 0.959 bits per heavy atom. The number of hydrogen-bond donors (Lipinski definition) is 3. The van der Waals surface area contributed by atoms with E-state index < -0.39 is 12.1 Å². The number of rotatable bonds is 64. The first-order valence-electron chi connectivity index (χ1n) is 33.9. The summed E-state index contributed by atoms with van der Waals surface area (Å²) in [6.07, 6.45) is 78.1. The predicted molar refractivity (Wildman–Crippen MR) is 324 cm³/mol. The van der Waals surface area contributed by atoms with Gasteiger partial charge in [-0.3, -0.25) is 9.59 Å². The molecule has 2 atom stereocenters. The summed E-state index contributed by atoms with van der Waals surface area (Å²) in [4.78, 5) is 24.6. The Balaban J connectivity index is 3.42. The summed E-state index contributed by atoms with van der Waals surface area (Å²) in [5.41, 5.74) is 0. The fourth-order valence-electron chi connectivity index (χ4n) is 10.9. The van der Waals surface area contributed by atoms with E-state index in [1.54, 1.807) is 0 Å². The SMILES string of the molecule is CCCCCCCCCCCCCCCCCCCCCCCCCCC(O)C(CO)NC(=O)CCCCCCCCC/C=C\CCCCCCCCCCCCOC(=O)CCCCCCCCCCCCCC. The summed E-state index contributed by atoms with van der Waals surface area (Å²) < 4.78 is 5.47. The molecule has 0 spiro atoms. The first-order valence-corrected chi connectivity index (χ1v) is 33.9.